The summed E-state index contributed by atoms with van der Waals surface area (Å²) in [5, 5.41) is 0. The summed E-state index contributed by atoms with van der Waals surface area (Å²) in [6.07, 6.45) is 2.40. The molecular formula is C11H24N2O2. The van der Waals surface area contributed by atoms with Crippen molar-refractivity contribution in [3.63, 3.8) is 0 Å². The van der Waals surface area contributed by atoms with Gasteiger partial charge >= 0.3 is 0 Å². The molecule has 0 radical (unpaired) electrons. The summed E-state index contributed by atoms with van der Waals surface area (Å²) in [5.41, 5.74) is 5.39. The van der Waals surface area contributed by atoms with Crippen molar-refractivity contribution in [2.75, 3.05) is 26.8 Å². The van der Waals surface area contributed by atoms with Crippen LogP contribution in [-0.4, -0.2) is 43.7 Å². The maximum absolute atomic E-state index is 11.8. The standard InChI is InChI=1S/C11H24N2O2/c1-10(2)13(8-9-15-3)11(14)6-4-5-7-12/h10H,4-9,12H2,1-3H3. The molecule has 1 amide bonds. The Morgan fingerprint density at radius 1 is 1.40 bits per heavy atom. The van der Waals surface area contributed by atoms with Crippen LogP contribution >= 0.6 is 0 Å². The number of hydrogen-bond donors (Lipinski definition) is 1. The van der Waals surface area contributed by atoms with Gasteiger partial charge in [0.25, 0.3) is 0 Å². The zero-order valence-corrected chi connectivity index (χ0v) is 10.2. The monoisotopic (exact) mass is 216 g/mol. The number of nitrogens with zero attached hydrogens (tertiary/aromatic N) is 1. The minimum absolute atomic E-state index is 0.204. The Bertz CT molecular complexity index is 172. The van der Waals surface area contributed by atoms with Crippen LogP contribution in [0.25, 0.3) is 0 Å². The average molecular weight is 216 g/mol. The summed E-state index contributed by atoms with van der Waals surface area (Å²) >= 11 is 0. The summed E-state index contributed by atoms with van der Waals surface area (Å²) in [5.74, 6) is 0.204. The number of ether oxygens (including phenoxy) is 1. The third-order valence-corrected chi connectivity index (χ3v) is 2.32. The first-order valence-corrected chi connectivity index (χ1v) is 5.62. The van der Waals surface area contributed by atoms with E-state index in [1.165, 1.54) is 0 Å². The first kappa shape index (κ1) is 14.4. The Labute approximate surface area is 92.8 Å². The van der Waals surface area contributed by atoms with Crippen molar-refractivity contribution < 1.29 is 9.53 Å². The van der Waals surface area contributed by atoms with Gasteiger partial charge in [0.15, 0.2) is 0 Å². The van der Waals surface area contributed by atoms with Gasteiger partial charge in [0, 0.05) is 26.1 Å². The Hall–Kier alpha value is -0.610. The van der Waals surface area contributed by atoms with Gasteiger partial charge in [-0.3, -0.25) is 4.79 Å². The van der Waals surface area contributed by atoms with Crippen LogP contribution in [0.15, 0.2) is 0 Å². The molecule has 0 fully saturated rings. The molecule has 0 spiro atoms. The molecule has 0 aliphatic rings. The molecule has 0 bridgehead atoms. The lowest BCUT2D eigenvalue weighted by molar-refractivity contribution is -0.133. The highest BCUT2D eigenvalue weighted by molar-refractivity contribution is 5.76. The smallest absolute Gasteiger partial charge is 0.222 e. The highest BCUT2D eigenvalue weighted by Gasteiger charge is 2.15. The molecule has 0 aliphatic heterocycles. The normalized spacial score (nSPS) is 10.7. The molecule has 0 aliphatic carbocycles. The molecule has 15 heavy (non-hydrogen) atoms. The highest BCUT2D eigenvalue weighted by atomic mass is 16.5. The van der Waals surface area contributed by atoms with E-state index in [1.54, 1.807) is 7.11 Å². The fraction of sp³-hybridized carbons (Fsp3) is 0.909. The molecule has 0 saturated carbocycles. The molecule has 4 nitrogen and oxygen atoms in total. The second-order valence-corrected chi connectivity index (χ2v) is 3.92. The van der Waals surface area contributed by atoms with Gasteiger partial charge in [-0.2, -0.15) is 0 Å². The number of unbranched alkanes of at least 4 members (excludes halogenated alkanes) is 1. The number of carbonyl (C=O) groups is 1. The molecule has 90 valence electrons. The van der Waals surface area contributed by atoms with Gasteiger partial charge in [0.2, 0.25) is 5.91 Å². The lowest BCUT2D eigenvalue weighted by atomic mass is 10.2. The van der Waals surface area contributed by atoms with Crippen molar-refractivity contribution in [2.45, 2.75) is 39.2 Å². The number of nitrogens with two attached hydrogens (primary N) is 1. The molecule has 0 unspecified atom stereocenters. The van der Waals surface area contributed by atoms with Gasteiger partial charge in [0.1, 0.15) is 0 Å². The van der Waals surface area contributed by atoms with E-state index in [0.29, 0.717) is 26.1 Å². The van der Waals surface area contributed by atoms with E-state index in [2.05, 4.69) is 0 Å². The second kappa shape index (κ2) is 8.68. The number of amides is 1. The topological polar surface area (TPSA) is 55.6 Å². The number of methoxy groups -OCH3 is 1. The molecule has 0 rings (SSSR count). The summed E-state index contributed by atoms with van der Waals surface area (Å²) in [7, 11) is 1.65. The lowest BCUT2D eigenvalue weighted by Crippen LogP contribution is -2.39. The summed E-state index contributed by atoms with van der Waals surface area (Å²) in [6.45, 7) is 5.98. The fourth-order valence-electron chi connectivity index (χ4n) is 1.42. The quantitative estimate of drug-likeness (QED) is 0.616. The van der Waals surface area contributed by atoms with Crippen molar-refractivity contribution in [3.8, 4) is 0 Å². The first-order valence-electron chi connectivity index (χ1n) is 5.62. The van der Waals surface area contributed by atoms with Gasteiger partial charge in [0.05, 0.1) is 6.61 Å². The minimum Gasteiger partial charge on any atom is -0.383 e. The van der Waals surface area contributed by atoms with Crippen molar-refractivity contribution in [2.24, 2.45) is 5.73 Å². The molecule has 4 heteroatoms. The van der Waals surface area contributed by atoms with E-state index in [0.717, 1.165) is 12.8 Å². The molecule has 0 heterocycles. The van der Waals surface area contributed by atoms with Gasteiger partial charge < -0.3 is 15.4 Å². The van der Waals surface area contributed by atoms with Crippen LogP contribution in [0.1, 0.15) is 33.1 Å². The fourth-order valence-corrected chi connectivity index (χ4v) is 1.42. The van der Waals surface area contributed by atoms with E-state index >= 15 is 0 Å². The molecule has 0 aromatic carbocycles. The van der Waals surface area contributed by atoms with Crippen LogP contribution in [0, 0.1) is 0 Å². The van der Waals surface area contributed by atoms with Crippen LogP contribution in [-0.2, 0) is 9.53 Å². The van der Waals surface area contributed by atoms with Crippen LogP contribution in [0.4, 0.5) is 0 Å². The van der Waals surface area contributed by atoms with Crippen molar-refractivity contribution >= 4 is 5.91 Å². The zero-order valence-electron chi connectivity index (χ0n) is 10.2. The molecule has 2 N–H and O–H groups in total. The number of carbonyl (C=O) groups excluding carboxylic acids is 1. The van der Waals surface area contributed by atoms with Crippen LogP contribution in [0.5, 0.6) is 0 Å². The first-order chi connectivity index (χ1) is 7.13. The van der Waals surface area contributed by atoms with Crippen LogP contribution in [0.2, 0.25) is 0 Å². The number of hydrogen-bond acceptors (Lipinski definition) is 3. The molecule has 0 aromatic rings. The van der Waals surface area contributed by atoms with Crippen LogP contribution in [0.3, 0.4) is 0 Å². The summed E-state index contributed by atoms with van der Waals surface area (Å²) in [6, 6.07) is 0.241. The average Bonchev–Trinajstić information content (AvgIpc) is 2.18. The van der Waals surface area contributed by atoms with E-state index in [-0.39, 0.29) is 11.9 Å². The Morgan fingerprint density at radius 3 is 2.53 bits per heavy atom. The Balaban J connectivity index is 3.93. The van der Waals surface area contributed by atoms with Gasteiger partial charge in [-0.25, -0.2) is 0 Å². The van der Waals surface area contributed by atoms with Gasteiger partial charge in [-0.15, -0.1) is 0 Å². The van der Waals surface area contributed by atoms with Crippen molar-refractivity contribution in [1.29, 1.82) is 0 Å². The Morgan fingerprint density at radius 2 is 2.07 bits per heavy atom. The van der Waals surface area contributed by atoms with E-state index < -0.39 is 0 Å². The maximum atomic E-state index is 11.8. The van der Waals surface area contributed by atoms with E-state index in [4.69, 9.17) is 10.5 Å². The lowest BCUT2D eigenvalue weighted by Gasteiger charge is -2.26. The van der Waals surface area contributed by atoms with E-state index in [1.807, 2.05) is 18.7 Å². The molecular weight excluding hydrogens is 192 g/mol. The van der Waals surface area contributed by atoms with Gasteiger partial charge in [-0.1, -0.05) is 0 Å². The summed E-state index contributed by atoms with van der Waals surface area (Å²) < 4.78 is 4.98. The largest absolute Gasteiger partial charge is 0.383 e. The maximum Gasteiger partial charge on any atom is 0.222 e. The predicted molar refractivity (Wildman–Crippen MR) is 61.6 cm³/mol. The predicted octanol–water partition coefficient (Wildman–Crippen LogP) is 0.999. The number of rotatable bonds is 8. The second-order valence-electron chi connectivity index (χ2n) is 3.92. The Kier molecular flexibility index (Phi) is 8.33. The van der Waals surface area contributed by atoms with Crippen molar-refractivity contribution in [3.05, 3.63) is 0 Å². The minimum atomic E-state index is 0.204. The molecule has 0 saturated heterocycles. The third kappa shape index (κ3) is 6.47. The molecule has 0 aromatic heterocycles. The summed E-state index contributed by atoms with van der Waals surface area (Å²) in [4.78, 5) is 13.7. The SMILES string of the molecule is COCCN(C(=O)CCCCN)C(C)C. The molecule has 0 atom stereocenters. The van der Waals surface area contributed by atoms with E-state index in [9.17, 15) is 4.79 Å². The third-order valence-electron chi connectivity index (χ3n) is 2.32. The zero-order chi connectivity index (χ0) is 11.7. The highest BCUT2D eigenvalue weighted by Crippen LogP contribution is 2.04. The van der Waals surface area contributed by atoms with Crippen LogP contribution < -0.4 is 5.73 Å². The van der Waals surface area contributed by atoms with Gasteiger partial charge in [-0.05, 0) is 33.2 Å². The van der Waals surface area contributed by atoms with Crippen molar-refractivity contribution in [1.82, 2.24) is 4.90 Å².